The van der Waals surface area contributed by atoms with Crippen LogP contribution in [0.25, 0.3) is 10.8 Å². The standard InChI is InChI=1S/C17H17FO4/c1-3-21-15(19)17(18,16(20)22-4-2)14-10-9-12-7-5-6-8-13(12)11-14/h5-11H,3-4H2,1-2H3. The molecule has 5 heteroatoms. The summed E-state index contributed by atoms with van der Waals surface area (Å²) >= 11 is 0. The van der Waals surface area contributed by atoms with Crippen LogP contribution >= 0.6 is 0 Å². The lowest BCUT2D eigenvalue weighted by Gasteiger charge is -2.22. The minimum atomic E-state index is -2.96. The summed E-state index contributed by atoms with van der Waals surface area (Å²) in [7, 11) is 0. The molecule has 0 aliphatic heterocycles. The van der Waals surface area contributed by atoms with Crippen molar-refractivity contribution in [2.45, 2.75) is 19.5 Å². The minimum absolute atomic E-state index is 0.0303. The van der Waals surface area contributed by atoms with E-state index in [0.29, 0.717) is 0 Å². The number of ether oxygens (including phenoxy) is 2. The maximum Gasteiger partial charge on any atom is 0.360 e. The van der Waals surface area contributed by atoms with Crippen molar-refractivity contribution in [1.29, 1.82) is 0 Å². The average Bonchev–Trinajstić information content (AvgIpc) is 2.54. The SMILES string of the molecule is CCOC(=O)C(F)(C(=O)OCC)c1ccc2ccccc2c1. The maximum atomic E-state index is 15.3. The quantitative estimate of drug-likeness (QED) is 0.629. The second-order valence-electron chi connectivity index (χ2n) is 4.66. The molecule has 22 heavy (non-hydrogen) atoms. The number of alkyl halides is 1. The number of carbonyl (C=O) groups is 2. The van der Waals surface area contributed by atoms with Gasteiger partial charge < -0.3 is 9.47 Å². The number of fused-ring (bicyclic) bond motifs is 1. The van der Waals surface area contributed by atoms with Crippen molar-refractivity contribution >= 4 is 22.7 Å². The Morgan fingerprint density at radius 1 is 0.955 bits per heavy atom. The molecule has 0 aliphatic rings. The predicted octanol–water partition coefficient (Wildman–Crippen LogP) is 3.13. The van der Waals surface area contributed by atoms with Crippen LogP contribution in [-0.4, -0.2) is 25.2 Å². The first-order chi connectivity index (χ1) is 10.5. The van der Waals surface area contributed by atoms with Crippen molar-refractivity contribution in [3.8, 4) is 0 Å². The van der Waals surface area contributed by atoms with Gasteiger partial charge in [0.1, 0.15) is 0 Å². The molecule has 0 aromatic heterocycles. The van der Waals surface area contributed by atoms with Gasteiger partial charge in [0.25, 0.3) is 0 Å². The molecule has 4 nitrogen and oxygen atoms in total. The van der Waals surface area contributed by atoms with Crippen molar-refractivity contribution < 1.29 is 23.5 Å². The molecule has 0 saturated carbocycles. The smallest absolute Gasteiger partial charge is 0.360 e. The summed E-state index contributed by atoms with van der Waals surface area (Å²) in [5, 5.41) is 1.59. The molecule has 116 valence electrons. The minimum Gasteiger partial charge on any atom is -0.463 e. The van der Waals surface area contributed by atoms with Crippen LogP contribution in [0.1, 0.15) is 19.4 Å². The van der Waals surface area contributed by atoms with Crippen LogP contribution in [0, 0.1) is 0 Å². The summed E-state index contributed by atoms with van der Waals surface area (Å²) in [5.41, 5.74) is -3.06. The third kappa shape index (κ3) is 2.79. The molecule has 0 amide bonds. The molecular weight excluding hydrogens is 287 g/mol. The first-order valence-corrected chi connectivity index (χ1v) is 7.06. The van der Waals surface area contributed by atoms with Crippen LogP contribution in [-0.2, 0) is 24.7 Å². The van der Waals surface area contributed by atoms with Crippen molar-refractivity contribution in [2.75, 3.05) is 13.2 Å². The van der Waals surface area contributed by atoms with Gasteiger partial charge in [-0.3, -0.25) is 0 Å². The van der Waals surface area contributed by atoms with Crippen LogP contribution in [0.4, 0.5) is 4.39 Å². The molecule has 0 radical (unpaired) electrons. The fraction of sp³-hybridized carbons (Fsp3) is 0.294. The highest BCUT2D eigenvalue weighted by Gasteiger charge is 2.51. The molecule has 0 unspecified atom stereocenters. The van der Waals surface area contributed by atoms with Gasteiger partial charge in [-0.15, -0.1) is 0 Å². The lowest BCUT2D eigenvalue weighted by atomic mass is 9.93. The zero-order valence-corrected chi connectivity index (χ0v) is 12.5. The molecule has 0 fully saturated rings. The molecule has 0 aliphatic carbocycles. The molecular formula is C17H17FO4. The Balaban J connectivity index is 2.55. The van der Waals surface area contributed by atoms with Crippen molar-refractivity contribution in [3.05, 3.63) is 48.0 Å². The summed E-state index contributed by atoms with van der Waals surface area (Å²) in [6, 6.07) is 11.8. The van der Waals surface area contributed by atoms with Crippen molar-refractivity contribution in [2.24, 2.45) is 0 Å². The van der Waals surface area contributed by atoms with E-state index in [0.717, 1.165) is 10.8 Å². The van der Waals surface area contributed by atoms with E-state index < -0.39 is 17.6 Å². The van der Waals surface area contributed by atoms with Gasteiger partial charge in [0.15, 0.2) is 0 Å². The Bertz CT molecular complexity index is 678. The zero-order valence-electron chi connectivity index (χ0n) is 12.5. The van der Waals surface area contributed by atoms with Crippen molar-refractivity contribution in [1.82, 2.24) is 0 Å². The number of hydrogen-bond acceptors (Lipinski definition) is 4. The number of carbonyl (C=O) groups excluding carboxylic acids is 2. The molecule has 2 rings (SSSR count). The second kappa shape index (κ2) is 6.56. The zero-order chi connectivity index (χ0) is 16.2. The predicted molar refractivity (Wildman–Crippen MR) is 80.0 cm³/mol. The van der Waals surface area contributed by atoms with Crippen LogP contribution in [0.2, 0.25) is 0 Å². The molecule has 0 saturated heterocycles. The van der Waals surface area contributed by atoms with E-state index in [1.807, 2.05) is 12.1 Å². The number of benzene rings is 2. The molecule has 0 atom stereocenters. The number of esters is 2. The van der Waals surface area contributed by atoms with E-state index in [1.54, 1.807) is 32.0 Å². The molecule has 0 N–H and O–H groups in total. The summed E-state index contributed by atoms with van der Waals surface area (Å²) < 4.78 is 24.7. The van der Waals surface area contributed by atoms with E-state index in [1.165, 1.54) is 12.1 Å². The Kier molecular flexibility index (Phi) is 4.75. The van der Waals surface area contributed by atoms with Crippen LogP contribution in [0.3, 0.4) is 0 Å². The lowest BCUT2D eigenvalue weighted by molar-refractivity contribution is -0.175. The van der Waals surface area contributed by atoms with Gasteiger partial charge in [0.05, 0.1) is 13.2 Å². The third-order valence-electron chi connectivity index (χ3n) is 3.26. The van der Waals surface area contributed by atoms with E-state index in [-0.39, 0.29) is 18.8 Å². The first-order valence-electron chi connectivity index (χ1n) is 7.06. The van der Waals surface area contributed by atoms with Crippen LogP contribution in [0.5, 0.6) is 0 Å². The summed E-state index contributed by atoms with van der Waals surface area (Å²) in [5.74, 6) is -2.52. The summed E-state index contributed by atoms with van der Waals surface area (Å²) in [6.45, 7) is 3.03. The molecule has 2 aromatic carbocycles. The van der Waals surface area contributed by atoms with Gasteiger partial charge >= 0.3 is 17.6 Å². The Labute approximate surface area is 127 Å². The summed E-state index contributed by atoms with van der Waals surface area (Å²) in [4.78, 5) is 24.0. The fourth-order valence-electron chi connectivity index (χ4n) is 2.18. The molecule has 0 bridgehead atoms. The Morgan fingerprint density at radius 2 is 1.50 bits per heavy atom. The Hall–Kier alpha value is -2.43. The van der Waals surface area contributed by atoms with E-state index in [9.17, 15) is 9.59 Å². The van der Waals surface area contributed by atoms with Gasteiger partial charge in [0, 0.05) is 5.56 Å². The third-order valence-corrected chi connectivity index (χ3v) is 3.26. The molecule has 2 aromatic rings. The van der Waals surface area contributed by atoms with Gasteiger partial charge in [-0.05, 0) is 30.7 Å². The second-order valence-corrected chi connectivity index (χ2v) is 4.66. The van der Waals surface area contributed by atoms with Crippen LogP contribution in [0.15, 0.2) is 42.5 Å². The highest BCUT2D eigenvalue weighted by Crippen LogP contribution is 2.32. The van der Waals surface area contributed by atoms with Gasteiger partial charge in [-0.25, -0.2) is 14.0 Å². The normalized spacial score (nSPS) is 11.2. The van der Waals surface area contributed by atoms with E-state index in [2.05, 4.69) is 0 Å². The fourth-order valence-corrected chi connectivity index (χ4v) is 2.18. The van der Waals surface area contributed by atoms with Crippen LogP contribution < -0.4 is 0 Å². The molecule has 0 heterocycles. The molecule has 0 spiro atoms. The number of rotatable bonds is 5. The Morgan fingerprint density at radius 3 is 2.05 bits per heavy atom. The van der Waals surface area contributed by atoms with E-state index in [4.69, 9.17) is 9.47 Å². The van der Waals surface area contributed by atoms with Gasteiger partial charge in [-0.2, -0.15) is 0 Å². The highest BCUT2D eigenvalue weighted by molar-refractivity contribution is 6.05. The lowest BCUT2D eigenvalue weighted by Crippen LogP contribution is -2.42. The van der Waals surface area contributed by atoms with Gasteiger partial charge in [-0.1, -0.05) is 36.4 Å². The average molecular weight is 304 g/mol. The highest BCUT2D eigenvalue weighted by atomic mass is 19.1. The number of halogens is 1. The maximum absolute atomic E-state index is 15.3. The first kappa shape index (κ1) is 15.9. The van der Waals surface area contributed by atoms with Crippen molar-refractivity contribution in [3.63, 3.8) is 0 Å². The summed E-state index contributed by atoms with van der Waals surface area (Å²) in [6.07, 6.45) is 0. The topological polar surface area (TPSA) is 52.6 Å². The largest absolute Gasteiger partial charge is 0.463 e. The van der Waals surface area contributed by atoms with Gasteiger partial charge in [0.2, 0.25) is 0 Å². The monoisotopic (exact) mass is 304 g/mol. The number of hydrogen-bond donors (Lipinski definition) is 0. The van der Waals surface area contributed by atoms with E-state index >= 15 is 4.39 Å².